The van der Waals surface area contributed by atoms with Crippen molar-refractivity contribution in [1.82, 2.24) is 4.98 Å². The molecule has 5 nitrogen and oxygen atoms in total. The maximum absolute atomic E-state index is 11.0. The Hall–Kier alpha value is -1.31. The van der Waals surface area contributed by atoms with Gasteiger partial charge in [0.15, 0.2) is 0 Å². The number of halogens is 3. The van der Waals surface area contributed by atoms with Gasteiger partial charge in [0.1, 0.15) is 16.5 Å². The van der Waals surface area contributed by atoms with Crippen LogP contribution in [0.2, 0.25) is 5.02 Å². The van der Waals surface area contributed by atoms with Gasteiger partial charge in [-0.2, -0.15) is 0 Å². The predicted octanol–water partition coefficient (Wildman–Crippen LogP) is 4.76. The number of carboxylic acid groups (broad SMARTS) is 1. The summed E-state index contributed by atoms with van der Waals surface area (Å²) in [6.45, 7) is 0. The lowest BCUT2D eigenvalue weighted by Crippen LogP contribution is -2.00. The van der Waals surface area contributed by atoms with Crippen molar-refractivity contribution in [1.29, 1.82) is 0 Å². The first-order valence-electron chi connectivity index (χ1n) is 5.52. The number of rotatable bonds is 4. The number of benzene rings is 1. The number of methoxy groups -OCH3 is 1. The summed E-state index contributed by atoms with van der Waals surface area (Å²) in [6, 6.07) is 4.67. The van der Waals surface area contributed by atoms with Crippen LogP contribution in [0.15, 0.2) is 33.3 Å². The highest BCUT2D eigenvalue weighted by atomic mass is 79.9. The maximum atomic E-state index is 11.0. The second-order valence-electron chi connectivity index (χ2n) is 3.80. The van der Waals surface area contributed by atoms with Crippen molar-refractivity contribution < 1.29 is 19.4 Å². The van der Waals surface area contributed by atoms with E-state index in [4.69, 9.17) is 26.2 Å². The van der Waals surface area contributed by atoms with Crippen LogP contribution in [-0.4, -0.2) is 23.2 Å². The molecule has 21 heavy (non-hydrogen) atoms. The van der Waals surface area contributed by atoms with Crippen molar-refractivity contribution in [3.63, 3.8) is 0 Å². The molecular weight excluding hydrogens is 429 g/mol. The highest BCUT2D eigenvalue weighted by Crippen LogP contribution is 2.39. The van der Waals surface area contributed by atoms with Gasteiger partial charge in [0, 0.05) is 6.20 Å². The zero-order chi connectivity index (χ0) is 15.6. The fourth-order valence-electron chi connectivity index (χ4n) is 1.51. The molecule has 0 aliphatic heterocycles. The van der Waals surface area contributed by atoms with Gasteiger partial charge in [-0.05, 0) is 50.1 Å². The maximum Gasteiger partial charge on any atom is 0.337 e. The minimum Gasteiger partial charge on any atom is -0.496 e. The number of carboxylic acids is 1. The Balaban J connectivity index is 2.41. The SMILES string of the molecule is COc1cc(Br)c(Oc2nccc(C(=O)O)c2Cl)cc1Br. The minimum atomic E-state index is -1.15. The molecule has 2 rings (SSSR count). The largest absolute Gasteiger partial charge is 0.496 e. The Bertz CT molecular complexity index is 709. The molecule has 1 N–H and O–H groups in total. The molecule has 0 spiro atoms. The molecule has 1 aromatic carbocycles. The van der Waals surface area contributed by atoms with Gasteiger partial charge in [0.05, 0.1) is 21.6 Å². The molecule has 8 heteroatoms. The topological polar surface area (TPSA) is 68.7 Å². The van der Waals surface area contributed by atoms with Crippen LogP contribution in [0.25, 0.3) is 0 Å². The zero-order valence-electron chi connectivity index (χ0n) is 10.6. The van der Waals surface area contributed by atoms with E-state index in [1.807, 2.05) is 0 Å². The van der Waals surface area contributed by atoms with Gasteiger partial charge >= 0.3 is 5.97 Å². The van der Waals surface area contributed by atoms with Gasteiger partial charge in [0.2, 0.25) is 5.88 Å². The normalized spacial score (nSPS) is 10.3. The predicted molar refractivity (Wildman–Crippen MR) is 84.7 cm³/mol. The molecule has 0 saturated carbocycles. The summed E-state index contributed by atoms with van der Waals surface area (Å²) >= 11 is 12.7. The standard InChI is InChI=1S/C13H8Br2ClNO4/c1-20-9-4-8(15)10(5-7(9)14)21-12-11(16)6(13(18)19)2-3-17-12/h2-5H,1H3,(H,18,19). The number of ether oxygens (including phenoxy) is 2. The summed E-state index contributed by atoms with van der Waals surface area (Å²) in [7, 11) is 1.54. The first-order chi connectivity index (χ1) is 9.93. The Kier molecular flexibility index (Phi) is 5.08. The summed E-state index contributed by atoms with van der Waals surface area (Å²) in [4.78, 5) is 15.0. The third kappa shape index (κ3) is 3.48. The fourth-order valence-corrected chi connectivity index (χ4v) is 2.63. The molecule has 0 fully saturated rings. The van der Waals surface area contributed by atoms with Gasteiger partial charge in [-0.3, -0.25) is 0 Å². The van der Waals surface area contributed by atoms with Crippen LogP contribution in [0.3, 0.4) is 0 Å². The number of hydrogen-bond donors (Lipinski definition) is 1. The molecule has 1 heterocycles. The lowest BCUT2D eigenvalue weighted by molar-refractivity contribution is 0.0696. The molecule has 2 aromatic rings. The molecule has 0 aliphatic rings. The number of carbonyl (C=O) groups is 1. The minimum absolute atomic E-state index is 0.00864. The van der Waals surface area contributed by atoms with E-state index in [-0.39, 0.29) is 16.5 Å². The Morgan fingerprint density at radius 3 is 2.52 bits per heavy atom. The molecule has 110 valence electrons. The first-order valence-corrected chi connectivity index (χ1v) is 7.49. The molecule has 0 saturated heterocycles. The Labute approximate surface area is 142 Å². The van der Waals surface area contributed by atoms with Crippen molar-refractivity contribution >= 4 is 49.4 Å². The fraction of sp³-hybridized carbons (Fsp3) is 0.0769. The average molecular weight is 437 g/mol. The molecule has 0 unspecified atom stereocenters. The van der Waals surface area contributed by atoms with Gasteiger partial charge < -0.3 is 14.6 Å². The monoisotopic (exact) mass is 435 g/mol. The van der Waals surface area contributed by atoms with E-state index in [2.05, 4.69) is 36.8 Å². The van der Waals surface area contributed by atoms with E-state index < -0.39 is 5.97 Å². The summed E-state index contributed by atoms with van der Waals surface area (Å²) in [5.41, 5.74) is -0.0784. The second kappa shape index (κ2) is 6.64. The number of aromatic carboxylic acids is 1. The molecule has 0 aliphatic carbocycles. The lowest BCUT2D eigenvalue weighted by Gasteiger charge is -2.11. The van der Waals surface area contributed by atoms with Crippen LogP contribution >= 0.6 is 43.5 Å². The van der Waals surface area contributed by atoms with Crippen LogP contribution in [0.4, 0.5) is 0 Å². The Morgan fingerprint density at radius 2 is 1.90 bits per heavy atom. The summed E-state index contributed by atoms with van der Waals surface area (Å²) < 4.78 is 12.0. The molecule has 1 aromatic heterocycles. The number of aromatic nitrogens is 1. The number of nitrogens with zero attached hydrogens (tertiary/aromatic N) is 1. The van der Waals surface area contributed by atoms with E-state index in [1.165, 1.54) is 12.3 Å². The molecule has 0 radical (unpaired) electrons. The molecular formula is C13H8Br2ClNO4. The van der Waals surface area contributed by atoms with Crippen LogP contribution in [0.5, 0.6) is 17.4 Å². The van der Waals surface area contributed by atoms with Crippen LogP contribution in [0, 0.1) is 0 Å². The molecule has 0 atom stereocenters. The van der Waals surface area contributed by atoms with Gasteiger partial charge in [-0.25, -0.2) is 9.78 Å². The van der Waals surface area contributed by atoms with E-state index in [1.54, 1.807) is 19.2 Å². The van der Waals surface area contributed by atoms with Crippen LogP contribution in [0.1, 0.15) is 10.4 Å². The second-order valence-corrected chi connectivity index (χ2v) is 5.89. The van der Waals surface area contributed by atoms with Crippen molar-refractivity contribution in [2.75, 3.05) is 7.11 Å². The van der Waals surface area contributed by atoms with Crippen molar-refractivity contribution in [2.24, 2.45) is 0 Å². The van der Waals surface area contributed by atoms with Crippen LogP contribution < -0.4 is 9.47 Å². The van der Waals surface area contributed by atoms with Crippen LogP contribution in [-0.2, 0) is 0 Å². The molecule has 0 bridgehead atoms. The summed E-state index contributed by atoms with van der Waals surface area (Å²) in [5, 5.41) is 8.96. The van der Waals surface area contributed by atoms with Gasteiger partial charge in [0.25, 0.3) is 0 Å². The van der Waals surface area contributed by atoms with E-state index in [0.717, 1.165) is 0 Å². The van der Waals surface area contributed by atoms with E-state index in [0.29, 0.717) is 20.4 Å². The third-order valence-electron chi connectivity index (χ3n) is 2.50. The van der Waals surface area contributed by atoms with E-state index >= 15 is 0 Å². The number of pyridine rings is 1. The molecule has 0 amide bonds. The lowest BCUT2D eigenvalue weighted by atomic mass is 10.2. The first kappa shape index (κ1) is 16.1. The van der Waals surface area contributed by atoms with Crippen molar-refractivity contribution in [3.05, 3.63) is 43.9 Å². The number of hydrogen-bond acceptors (Lipinski definition) is 4. The third-order valence-corrected chi connectivity index (χ3v) is 4.11. The summed E-state index contributed by atoms with van der Waals surface area (Å²) in [5.74, 6) is -0.108. The average Bonchev–Trinajstić information content (AvgIpc) is 2.44. The summed E-state index contributed by atoms with van der Waals surface area (Å²) in [6.07, 6.45) is 1.32. The smallest absolute Gasteiger partial charge is 0.337 e. The van der Waals surface area contributed by atoms with Gasteiger partial charge in [-0.1, -0.05) is 11.6 Å². The van der Waals surface area contributed by atoms with Gasteiger partial charge in [-0.15, -0.1) is 0 Å². The van der Waals surface area contributed by atoms with E-state index in [9.17, 15) is 4.79 Å². The highest BCUT2D eigenvalue weighted by Gasteiger charge is 2.17. The van der Waals surface area contributed by atoms with Crippen molar-refractivity contribution in [3.8, 4) is 17.4 Å². The van der Waals surface area contributed by atoms with Crippen molar-refractivity contribution in [2.45, 2.75) is 0 Å². The highest BCUT2D eigenvalue weighted by molar-refractivity contribution is 9.11. The quantitative estimate of drug-likeness (QED) is 0.747. The Morgan fingerprint density at radius 1 is 1.29 bits per heavy atom. The zero-order valence-corrected chi connectivity index (χ0v) is 14.5.